The topological polar surface area (TPSA) is 52.6 Å². The minimum absolute atomic E-state index is 0.00354. The number of hydrogen-bond acceptors (Lipinski definition) is 4. The molecule has 4 heteroatoms. The molecule has 1 saturated heterocycles. The molecule has 106 valence electrons. The molecule has 1 atom stereocenters. The number of ether oxygens (including phenoxy) is 2. The molecule has 1 fully saturated rings. The van der Waals surface area contributed by atoms with E-state index in [1.165, 1.54) is 0 Å². The number of ketones is 2. The van der Waals surface area contributed by atoms with Gasteiger partial charge in [-0.1, -0.05) is 0 Å². The molecule has 1 heterocycles. The van der Waals surface area contributed by atoms with Gasteiger partial charge in [0.05, 0.1) is 18.6 Å². The summed E-state index contributed by atoms with van der Waals surface area (Å²) in [6.45, 7) is 6.91. The van der Waals surface area contributed by atoms with E-state index in [1.807, 2.05) is 13.8 Å². The molecule has 2 aliphatic carbocycles. The fourth-order valence-electron chi connectivity index (χ4n) is 3.44. The van der Waals surface area contributed by atoms with Crippen molar-refractivity contribution in [3.8, 4) is 0 Å². The third-order valence-electron chi connectivity index (χ3n) is 4.37. The molecule has 0 amide bonds. The van der Waals surface area contributed by atoms with Gasteiger partial charge in [-0.05, 0) is 32.4 Å². The van der Waals surface area contributed by atoms with Crippen LogP contribution >= 0.6 is 0 Å². The average molecular weight is 274 g/mol. The Balaban J connectivity index is 2.29. The van der Waals surface area contributed by atoms with E-state index in [0.717, 1.165) is 22.5 Å². The van der Waals surface area contributed by atoms with Crippen molar-refractivity contribution in [1.82, 2.24) is 0 Å². The fraction of sp³-hybridized carbons (Fsp3) is 0.500. The standard InChI is InChI=1S/C16H18O4/c1-9-6-11(17)7-16(3)13(9)14-12(10(2)15(16)18)8-19-4-5-20-14/h6H,4-5,7-8H2,1-3H3. The van der Waals surface area contributed by atoms with E-state index in [-0.39, 0.29) is 18.0 Å². The summed E-state index contributed by atoms with van der Waals surface area (Å²) in [4.78, 5) is 24.6. The van der Waals surface area contributed by atoms with Crippen LogP contribution in [0.2, 0.25) is 0 Å². The first-order valence-electron chi connectivity index (χ1n) is 6.87. The third-order valence-corrected chi connectivity index (χ3v) is 4.37. The summed E-state index contributed by atoms with van der Waals surface area (Å²) in [5, 5.41) is 0. The van der Waals surface area contributed by atoms with E-state index in [9.17, 15) is 9.59 Å². The highest BCUT2D eigenvalue weighted by atomic mass is 16.5. The van der Waals surface area contributed by atoms with E-state index in [4.69, 9.17) is 9.47 Å². The van der Waals surface area contributed by atoms with Crippen molar-refractivity contribution in [3.63, 3.8) is 0 Å². The molecule has 0 saturated carbocycles. The van der Waals surface area contributed by atoms with Gasteiger partial charge in [-0.2, -0.15) is 0 Å². The number of allylic oxidation sites excluding steroid dienone is 4. The van der Waals surface area contributed by atoms with Crippen molar-refractivity contribution in [2.24, 2.45) is 5.41 Å². The Kier molecular flexibility index (Phi) is 2.94. The predicted molar refractivity (Wildman–Crippen MR) is 73.0 cm³/mol. The molecule has 0 radical (unpaired) electrons. The van der Waals surface area contributed by atoms with E-state index < -0.39 is 5.41 Å². The Morgan fingerprint density at radius 3 is 2.70 bits per heavy atom. The second-order valence-corrected chi connectivity index (χ2v) is 5.84. The smallest absolute Gasteiger partial charge is 0.169 e. The molecule has 0 aromatic heterocycles. The van der Waals surface area contributed by atoms with E-state index in [0.29, 0.717) is 25.4 Å². The van der Waals surface area contributed by atoms with Crippen LogP contribution in [0.25, 0.3) is 0 Å². The van der Waals surface area contributed by atoms with Crippen molar-refractivity contribution in [2.45, 2.75) is 27.2 Å². The number of rotatable bonds is 0. The molecule has 1 aliphatic heterocycles. The Morgan fingerprint density at radius 2 is 1.95 bits per heavy atom. The number of fused-ring (bicyclic) bond motifs is 2. The van der Waals surface area contributed by atoms with Crippen LogP contribution in [-0.4, -0.2) is 31.4 Å². The van der Waals surface area contributed by atoms with Crippen molar-refractivity contribution < 1.29 is 19.1 Å². The summed E-state index contributed by atoms with van der Waals surface area (Å²) in [6.07, 6.45) is 1.83. The maximum Gasteiger partial charge on any atom is 0.169 e. The van der Waals surface area contributed by atoms with Crippen LogP contribution in [0.1, 0.15) is 27.2 Å². The molecule has 4 nitrogen and oxygen atoms in total. The molecule has 0 aromatic carbocycles. The minimum atomic E-state index is -0.789. The molecule has 0 spiro atoms. The highest BCUT2D eigenvalue weighted by Gasteiger charge is 2.48. The van der Waals surface area contributed by atoms with Gasteiger partial charge < -0.3 is 9.47 Å². The van der Waals surface area contributed by atoms with Gasteiger partial charge in [-0.3, -0.25) is 9.59 Å². The molecule has 0 aromatic rings. The summed E-state index contributed by atoms with van der Waals surface area (Å²) in [7, 11) is 0. The van der Waals surface area contributed by atoms with Crippen molar-refractivity contribution in [1.29, 1.82) is 0 Å². The average Bonchev–Trinajstić information content (AvgIpc) is 2.61. The largest absolute Gasteiger partial charge is 0.490 e. The van der Waals surface area contributed by atoms with Gasteiger partial charge in [0.1, 0.15) is 12.4 Å². The van der Waals surface area contributed by atoms with Gasteiger partial charge in [0.2, 0.25) is 0 Å². The van der Waals surface area contributed by atoms with Crippen LogP contribution in [0.3, 0.4) is 0 Å². The predicted octanol–water partition coefficient (Wildman–Crippen LogP) is 2.11. The van der Waals surface area contributed by atoms with Crippen LogP contribution in [0.15, 0.2) is 34.1 Å². The highest BCUT2D eigenvalue weighted by molar-refractivity contribution is 6.10. The quantitative estimate of drug-likeness (QED) is 0.679. The minimum Gasteiger partial charge on any atom is -0.490 e. The summed E-state index contributed by atoms with van der Waals surface area (Å²) >= 11 is 0. The van der Waals surface area contributed by atoms with Crippen molar-refractivity contribution >= 4 is 11.6 Å². The summed E-state index contributed by atoms with van der Waals surface area (Å²) < 4.78 is 11.4. The summed E-state index contributed by atoms with van der Waals surface area (Å²) in [6, 6.07) is 0. The normalized spacial score (nSPS) is 30.4. The van der Waals surface area contributed by atoms with Gasteiger partial charge in [-0.25, -0.2) is 0 Å². The highest BCUT2D eigenvalue weighted by Crippen LogP contribution is 2.49. The van der Waals surface area contributed by atoms with Crippen LogP contribution in [-0.2, 0) is 19.1 Å². The van der Waals surface area contributed by atoms with Crippen molar-refractivity contribution in [3.05, 3.63) is 34.1 Å². The maximum atomic E-state index is 12.8. The van der Waals surface area contributed by atoms with Crippen LogP contribution in [0.5, 0.6) is 0 Å². The number of carbonyl (C=O) groups is 2. The van der Waals surface area contributed by atoms with Gasteiger partial charge in [0, 0.05) is 23.1 Å². The first kappa shape index (κ1) is 13.3. The number of Topliss-reactive ketones (excluding diaryl/α,β-unsaturated/α-hetero) is 1. The van der Waals surface area contributed by atoms with E-state index in [2.05, 4.69) is 0 Å². The first-order valence-corrected chi connectivity index (χ1v) is 6.87. The lowest BCUT2D eigenvalue weighted by molar-refractivity contribution is -0.127. The van der Waals surface area contributed by atoms with Crippen LogP contribution in [0, 0.1) is 5.41 Å². The first-order chi connectivity index (χ1) is 9.45. The van der Waals surface area contributed by atoms with Gasteiger partial charge in [0.25, 0.3) is 0 Å². The SMILES string of the molecule is CC1=CC(=O)CC2(C)C(=O)C(C)=C3COCCOC3=C12. The Bertz CT molecular complexity index is 606. The monoisotopic (exact) mass is 274 g/mol. The van der Waals surface area contributed by atoms with E-state index in [1.54, 1.807) is 13.0 Å². The third kappa shape index (κ3) is 1.71. The molecular weight excluding hydrogens is 256 g/mol. The lowest BCUT2D eigenvalue weighted by atomic mass is 9.63. The Hall–Kier alpha value is -1.68. The lowest BCUT2D eigenvalue weighted by Crippen LogP contribution is -2.40. The zero-order valence-electron chi connectivity index (χ0n) is 12.0. The summed E-state index contributed by atoms with van der Waals surface area (Å²) in [5.41, 5.74) is 2.41. The second kappa shape index (κ2) is 4.42. The molecule has 3 rings (SSSR count). The second-order valence-electron chi connectivity index (χ2n) is 5.84. The van der Waals surface area contributed by atoms with E-state index >= 15 is 0 Å². The fourth-order valence-corrected chi connectivity index (χ4v) is 3.44. The zero-order chi connectivity index (χ0) is 14.5. The Morgan fingerprint density at radius 1 is 1.20 bits per heavy atom. The van der Waals surface area contributed by atoms with Crippen LogP contribution < -0.4 is 0 Å². The molecule has 1 unspecified atom stereocenters. The molecule has 0 N–H and O–H groups in total. The zero-order valence-corrected chi connectivity index (χ0v) is 12.0. The Labute approximate surface area is 118 Å². The lowest BCUT2D eigenvalue weighted by Gasteiger charge is -2.39. The van der Waals surface area contributed by atoms with Crippen molar-refractivity contribution in [2.75, 3.05) is 19.8 Å². The molecule has 0 bridgehead atoms. The van der Waals surface area contributed by atoms with Gasteiger partial charge >= 0.3 is 0 Å². The maximum absolute atomic E-state index is 12.8. The number of hydrogen-bond donors (Lipinski definition) is 0. The van der Waals surface area contributed by atoms with Gasteiger partial charge in [-0.15, -0.1) is 0 Å². The summed E-state index contributed by atoms with van der Waals surface area (Å²) in [5.74, 6) is 0.772. The molecule has 20 heavy (non-hydrogen) atoms. The van der Waals surface area contributed by atoms with Gasteiger partial charge in [0.15, 0.2) is 11.6 Å². The molecular formula is C16H18O4. The van der Waals surface area contributed by atoms with Crippen LogP contribution in [0.4, 0.5) is 0 Å². The molecule has 3 aliphatic rings. The number of carbonyl (C=O) groups excluding carboxylic acids is 2.